The van der Waals surface area contributed by atoms with Crippen LogP contribution in [-0.4, -0.2) is 44.2 Å². The summed E-state index contributed by atoms with van der Waals surface area (Å²) in [6.07, 6.45) is 1.40. The highest BCUT2D eigenvalue weighted by molar-refractivity contribution is 5.85. The summed E-state index contributed by atoms with van der Waals surface area (Å²) < 4.78 is 3.74. The summed E-state index contributed by atoms with van der Waals surface area (Å²) in [7, 11) is 4.75. The van der Waals surface area contributed by atoms with Gasteiger partial charge in [-0.25, -0.2) is 9.78 Å². The third-order valence-electron chi connectivity index (χ3n) is 3.63. The Morgan fingerprint density at radius 2 is 1.96 bits per heavy atom. The van der Waals surface area contributed by atoms with Crippen LogP contribution >= 0.6 is 12.4 Å². The molecule has 0 aromatic carbocycles. The Morgan fingerprint density at radius 3 is 2.57 bits per heavy atom. The Balaban J connectivity index is 0.00000264. The Labute approximate surface area is 138 Å². The van der Waals surface area contributed by atoms with Gasteiger partial charge in [0.2, 0.25) is 5.91 Å². The van der Waals surface area contributed by atoms with Crippen LogP contribution in [0.2, 0.25) is 0 Å². The minimum atomic E-state index is -0.466. The van der Waals surface area contributed by atoms with Crippen LogP contribution in [0.1, 0.15) is 6.92 Å². The Morgan fingerprint density at radius 1 is 1.30 bits per heavy atom. The van der Waals surface area contributed by atoms with Gasteiger partial charge in [-0.05, 0) is 14.0 Å². The van der Waals surface area contributed by atoms with Crippen molar-refractivity contribution < 1.29 is 4.79 Å². The van der Waals surface area contributed by atoms with Gasteiger partial charge >= 0.3 is 5.69 Å². The lowest BCUT2D eigenvalue weighted by Gasteiger charge is -2.12. The lowest BCUT2D eigenvalue weighted by atomic mass is 10.3. The van der Waals surface area contributed by atoms with Gasteiger partial charge in [-0.3, -0.25) is 18.7 Å². The van der Waals surface area contributed by atoms with Crippen molar-refractivity contribution in [2.24, 2.45) is 14.1 Å². The van der Waals surface area contributed by atoms with Crippen molar-refractivity contribution in [2.75, 3.05) is 13.6 Å². The molecule has 1 atom stereocenters. The fourth-order valence-electron chi connectivity index (χ4n) is 2.10. The van der Waals surface area contributed by atoms with Crippen LogP contribution < -0.4 is 21.9 Å². The first-order valence-corrected chi connectivity index (χ1v) is 6.91. The SMILES string of the molecule is CNC(C)CNC(=O)Cn1cnc2c1c(=O)n(C)c(=O)n2C.Cl. The summed E-state index contributed by atoms with van der Waals surface area (Å²) in [5.41, 5.74) is -0.409. The molecule has 0 bridgehead atoms. The normalized spacial score (nSPS) is 12.0. The number of nitrogens with one attached hydrogen (secondary N) is 2. The largest absolute Gasteiger partial charge is 0.353 e. The first-order valence-electron chi connectivity index (χ1n) is 6.91. The van der Waals surface area contributed by atoms with Gasteiger partial charge in [0.05, 0.1) is 6.33 Å². The van der Waals surface area contributed by atoms with E-state index in [0.29, 0.717) is 6.54 Å². The van der Waals surface area contributed by atoms with Gasteiger partial charge in [0.15, 0.2) is 11.2 Å². The van der Waals surface area contributed by atoms with Crippen LogP contribution in [0.3, 0.4) is 0 Å². The topological polar surface area (TPSA) is 103 Å². The van der Waals surface area contributed by atoms with Crippen LogP contribution in [0.5, 0.6) is 0 Å². The lowest BCUT2D eigenvalue weighted by molar-refractivity contribution is -0.121. The van der Waals surface area contributed by atoms with Crippen LogP contribution in [0.25, 0.3) is 11.2 Å². The van der Waals surface area contributed by atoms with Crippen molar-refractivity contribution in [1.29, 1.82) is 0 Å². The van der Waals surface area contributed by atoms with E-state index in [1.165, 1.54) is 29.6 Å². The van der Waals surface area contributed by atoms with E-state index >= 15 is 0 Å². The summed E-state index contributed by atoms with van der Waals surface area (Å²) in [4.78, 5) is 40.1. The zero-order chi connectivity index (χ0) is 16.4. The molecule has 2 rings (SSSR count). The molecule has 128 valence electrons. The number of aryl methyl sites for hydroxylation is 1. The van der Waals surface area contributed by atoms with E-state index in [4.69, 9.17) is 0 Å². The van der Waals surface area contributed by atoms with Crippen LogP contribution in [-0.2, 0) is 25.4 Å². The number of likely N-dealkylation sites (N-methyl/N-ethyl adjacent to an activating group) is 1. The molecule has 1 amide bonds. The highest BCUT2D eigenvalue weighted by Crippen LogP contribution is 2.04. The first-order chi connectivity index (χ1) is 10.4. The zero-order valence-electron chi connectivity index (χ0n) is 13.5. The number of rotatable bonds is 5. The molecule has 9 nitrogen and oxygen atoms in total. The summed E-state index contributed by atoms with van der Waals surface area (Å²) in [6, 6.07) is 0.150. The number of halogens is 1. The number of carbonyl (C=O) groups excluding carboxylic acids is 1. The molecule has 2 aromatic rings. The van der Waals surface area contributed by atoms with E-state index in [0.717, 1.165) is 4.57 Å². The standard InChI is InChI=1S/C13H20N6O3.ClH/c1-8(14-2)5-15-9(20)6-19-7-16-11-10(19)12(21)18(4)13(22)17(11)3;/h7-8,14H,5-6H2,1-4H3,(H,15,20);1H. The smallest absolute Gasteiger partial charge is 0.332 e. The fourth-order valence-corrected chi connectivity index (χ4v) is 2.10. The molecule has 10 heteroatoms. The maximum atomic E-state index is 12.2. The number of amides is 1. The number of carbonyl (C=O) groups is 1. The quantitative estimate of drug-likeness (QED) is 0.693. The number of nitrogens with zero attached hydrogens (tertiary/aromatic N) is 4. The molecule has 0 aliphatic heterocycles. The molecule has 0 aliphatic rings. The Bertz CT molecular complexity index is 821. The van der Waals surface area contributed by atoms with Crippen molar-refractivity contribution in [3.05, 3.63) is 27.2 Å². The highest BCUT2D eigenvalue weighted by atomic mass is 35.5. The molecule has 0 radical (unpaired) electrons. The maximum absolute atomic E-state index is 12.2. The number of fused-ring (bicyclic) bond motifs is 1. The second-order valence-electron chi connectivity index (χ2n) is 5.24. The molecule has 1 unspecified atom stereocenters. The molecule has 2 aromatic heterocycles. The molecular formula is C13H21ClN6O3. The number of hydrogen-bond acceptors (Lipinski definition) is 5. The predicted octanol–water partition coefficient (Wildman–Crippen LogP) is -1.42. The minimum absolute atomic E-state index is 0. The van der Waals surface area contributed by atoms with Gasteiger partial charge in [-0.15, -0.1) is 12.4 Å². The van der Waals surface area contributed by atoms with E-state index in [-0.39, 0.29) is 42.1 Å². The molecule has 0 fully saturated rings. The van der Waals surface area contributed by atoms with E-state index in [9.17, 15) is 14.4 Å². The van der Waals surface area contributed by atoms with Crippen molar-refractivity contribution in [1.82, 2.24) is 29.3 Å². The van der Waals surface area contributed by atoms with Gasteiger partial charge in [-0.2, -0.15) is 0 Å². The minimum Gasteiger partial charge on any atom is -0.353 e. The van der Waals surface area contributed by atoms with Crippen molar-refractivity contribution >= 4 is 29.5 Å². The van der Waals surface area contributed by atoms with Crippen molar-refractivity contribution in [3.63, 3.8) is 0 Å². The van der Waals surface area contributed by atoms with Gasteiger partial charge in [0.1, 0.15) is 6.54 Å². The van der Waals surface area contributed by atoms with Gasteiger partial charge in [0.25, 0.3) is 5.56 Å². The van der Waals surface area contributed by atoms with Crippen LogP contribution in [0.4, 0.5) is 0 Å². The second kappa shape index (κ2) is 7.42. The predicted molar refractivity (Wildman–Crippen MR) is 89.0 cm³/mol. The van der Waals surface area contributed by atoms with Crippen LogP contribution in [0.15, 0.2) is 15.9 Å². The molecule has 0 spiro atoms. The van der Waals surface area contributed by atoms with Crippen molar-refractivity contribution in [3.8, 4) is 0 Å². The molecular weight excluding hydrogens is 324 g/mol. The van der Waals surface area contributed by atoms with E-state index in [1.54, 1.807) is 0 Å². The third-order valence-corrected chi connectivity index (χ3v) is 3.63. The zero-order valence-corrected chi connectivity index (χ0v) is 14.3. The lowest BCUT2D eigenvalue weighted by Crippen LogP contribution is -2.39. The molecule has 2 N–H and O–H groups in total. The molecule has 0 saturated carbocycles. The Kier molecular flexibility index (Phi) is 6.11. The number of hydrogen-bond donors (Lipinski definition) is 2. The molecule has 23 heavy (non-hydrogen) atoms. The van der Waals surface area contributed by atoms with Gasteiger partial charge < -0.3 is 15.2 Å². The Hall–Kier alpha value is -2.13. The monoisotopic (exact) mass is 344 g/mol. The third kappa shape index (κ3) is 3.62. The number of imidazole rings is 1. The highest BCUT2D eigenvalue weighted by Gasteiger charge is 2.15. The summed E-state index contributed by atoms with van der Waals surface area (Å²) in [5.74, 6) is -0.225. The average Bonchev–Trinajstić information content (AvgIpc) is 2.92. The average molecular weight is 345 g/mol. The second-order valence-corrected chi connectivity index (χ2v) is 5.24. The van der Waals surface area contributed by atoms with Gasteiger partial charge in [-0.1, -0.05) is 0 Å². The van der Waals surface area contributed by atoms with Gasteiger partial charge in [0, 0.05) is 26.7 Å². The molecule has 0 aliphatic carbocycles. The fraction of sp³-hybridized carbons (Fsp3) is 0.538. The van der Waals surface area contributed by atoms with Crippen LogP contribution in [0, 0.1) is 0 Å². The van der Waals surface area contributed by atoms with E-state index < -0.39 is 11.2 Å². The van der Waals surface area contributed by atoms with E-state index in [1.807, 2.05) is 14.0 Å². The molecule has 2 heterocycles. The first kappa shape index (κ1) is 18.9. The maximum Gasteiger partial charge on any atom is 0.332 e. The summed E-state index contributed by atoms with van der Waals surface area (Å²) >= 11 is 0. The number of aromatic nitrogens is 4. The van der Waals surface area contributed by atoms with Crippen molar-refractivity contribution in [2.45, 2.75) is 19.5 Å². The molecule has 0 saturated heterocycles. The summed E-state index contributed by atoms with van der Waals surface area (Å²) in [6.45, 7) is 2.40. The van der Waals surface area contributed by atoms with E-state index in [2.05, 4.69) is 15.6 Å². The summed E-state index contributed by atoms with van der Waals surface area (Å²) in [5, 5.41) is 5.78.